The van der Waals surface area contributed by atoms with Crippen molar-refractivity contribution in [1.29, 1.82) is 0 Å². The third kappa shape index (κ3) is 7.93. The predicted octanol–water partition coefficient (Wildman–Crippen LogP) is 1.80. The zero-order valence-electron chi connectivity index (χ0n) is 8.80. The normalized spacial score (nSPS) is 14.6. The van der Waals surface area contributed by atoms with Crippen molar-refractivity contribution in [1.82, 2.24) is 4.90 Å². The molecule has 1 atom stereocenters. The smallest absolute Gasteiger partial charge is 0.395 e. The van der Waals surface area contributed by atoms with Crippen molar-refractivity contribution in [3.05, 3.63) is 0 Å². The van der Waals surface area contributed by atoms with Gasteiger partial charge >= 0.3 is 6.18 Å². The average molecular weight is 245 g/mol. The van der Waals surface area contributed by atoms with E-state index in [1.807, 2.05) is 6.92 Å². The van der Waals surface area contributed by atoms with Gasteiger partial charge in [0.15, 0.2) is 0 Å². The maximum atomic E-state index is 12.1. The minimum atomic E-state index is -4.20. The number of aliphatic hydroxyl groups is 1. The summed E-state index contributed by atoms with van der Waals surface area (Å²) in [6, 6.07) is 0. The predicted molar refractivity (Wildman–Crippen MR) is 57.2 cm³/mol. The van der Waals surface area contributed by atoms with Crippen LogP contribution in [0.4, 0.5) is 13.2 Å². The quantitative estimate of drug-likeness (QED) is 0.668. The summed E-state index contributed by atoms with van der Waals surface area (Å²) >= 11 is 4.08. The van der Waals surface area contributed by atoms with Gasteiger partial charge in [-0.15, -0.1) is 0 Å². The minimum Gasteiger partial charge on any atom is -0.395 e. The van der Waals surface area contributed by atoms with Crippen molar-refractivity contribution >= 4 is 12.6 Å². The maximum absolute atomic E-state index is 12.1. The van der Waals surface area contributed by atoms with Gasteiger partial charge in [-0.25, -0.2) is 0 Å². The molecule has 92 valence electrons. The first kappa shape index (κ1) is 15.1. The Balaban J connectivity index is 4.14. The highest BCUT2D eigenvalue weighted by Crippen LogP contribution is 2.18. The van der Waals surface area contributed by atoms with Gasteiger partial charge in [0.1, 0.15) is 0 Å². The van der Waals surface area contributed by atoms with Gasteiger partial charge in [-0.2, -0.15) is 25.8 Å². The van der Waals surface area contributed by atoms with Gasteiger partial charge in [-0.1, -0.05) is 13.3 Å². The molecule has 0 fully saturated rings. The van der Waals surface area contributed by atoms with Crippen LogP contribution in [0.15, 0.2) is 0 Å². The van der Waals surface area contributed by atoms with E-state index in [0.717, 1.165) is 6.42 Å². The third-order valence-corrected chi connectivity index (χ3v) is 2.69. The van der Waals surface area contributed by atoms with E-state index in [-0.39, 0.29) is 19.1 Å². The van der Waals surface area contributed by atoms with E-state index >= 15 is 0 Å². The van der Waals surface area contributed by atoms with Crippen molar-refractivity contribution in [2.24, 2.45) is 5.92 Å². The Hall–Kier alpha value is 0.0600. The second kappa shape index (κ2) is 7.35. The lowest BCUT2D eigenvalue weighted by Gasteiger charge is -2.26. The topological polar surface area (TPSA) is 23.5 Å². The Bertz CT molecular complexity index is 162. The number of hydrogen-bond donors (Lipinski definition) is 2. The monoisotopic (exact) mass is 245 g/mol. The number of alkyl halides is 3. The summed E-state index contributed by atoms with van der Waals surface area (Å²) in [5.74, 6) is 0.707. The van der Waals surface area contributed by atoms with Gasteiger partial charge in [0, 0.05) is 13.1 Å². The molecule has 0 saturated heterocycles. The lowest BCUT2D eigenvalue weighted by molar-refractivity contribution is -0.147. The molecule has 1 unspecified atom stereocenters. The molecule has 0 saturated carbocycles. The van der Waals surface area contributed by atoms with E-state index in [0.29, 0.717) is 12.3 Å². The number of hydrogen-bond acceptors (Lipinski definition) is 3. The SMILES string of the molecule is CCC(CS)CN(CCO)CC(F)(F)F. The fourth-order valence-electron chi connectivity index (χ4n) is 1.31. The summed E-state index contributed by atoms with van der Waals surface area (Å²) < 4.78 is 36.4. The molecule has 0 bridgehead atoms. The molecule has 0 spiro atoms. The molecule has 0 aliphatic heterocycles. The van der Waals surface area contributed by atoms with E-state index in [2.05, 4.69) is 12.6 Å². The molecule has 0 amide bonds. The number of rotatable bonds is 7. The van der Waals surface area contributed by atoms with Crippen molar-refractivity contribution in [2.75, 3.05) is 32.0 Å². The molecular weight excluding hydrogens is 227 g/mol. The molecule has 15 heavy (non-hydrogen) atoms. The van der Waals surface area contributed by atoms with Crippen molar-refractivity contribution in [2.45, 2.75) is 19.5 Å². The first-order valence-corrected chi connectivity index (χ1v) is 5.57. The number of nitrogens with zero attached hydrogens (tertiary/aromatic N) is 1. The van der Waals surface area contributed by atoms with Crippen molar-refractivity contribution in [3.63, 3.8) is 0 Å². The first-order chi connectivity index (χ1) is 6.92. The summed E-state index contributed by atoms with van der Waals surface area (Å²) in [6.07, 6.45) is -3.41. The van der Waals surface area contributed by atoms with Gasteiger partial charge in [0.05, 0.1) is 13.2 Å². The molecule has 0 aliphatic rings. The zero-order valence-corrected chi connectivity index (χ0v) is 9.69. The van der Waals surface area contributed by atoms with Crippen molar-refractivity contribution < 1.29 is 18.3 Å². The Labute approximate surface area is 93.9 Å². The maximum Gasteiger partial charge on any atom is 0.401 e. The van der Waals surface area contributed by atoms with E-state index in [1.165, 1.54) is 4.90 Å². The Morgan fingerprint density at radius 3 is 2.33 bits per heavy atom. The lowest BCUT2D eigenvalue weighted by Crippen LogP contribution is -2.39. The van der Waals surface area contributed by atoms with E-state index < -0.39 is 12.7 Å². The summed E-state index contributed by atoms with van der Waals surface area (Å²) in [5.41, 5.74) is 0. The van der Waals surface area contributed by atoms with Crippen LogP contribution in [0.5, 0.6) is 0 Å². The van der Waals surface area contributed by atoms with E-state index in [4.69, 9.17) is 5.11 Å². The first-order valence-electron chi connectivity index (χ1n) is 4.93. The summed E-state index contributed by atoms with van der Waals surface area (Å²) in [6.45, 7) is 1.10. The molecule has 0 rings (SSSR count). The molecule has 2 nitrogen and oxygen atoms in total. The molecule has 0 aromatic heterocycles. The van der Waals surface area contributed by atoms with E-state index in [1.54, 1.807) is 0 Å². The fraction of sp³-hybridized carbons (Fsp3) is 1.00. The van der Waals surface area contributed by atoms with Gasteiger partial charge in [-0.05, 0) is 11.7 Å². The van der Waals surface area contributed by atoms with Crippen molar-refractivity contribution in [3.8, 4) is 0 Å². The zero-order chi connectivity index (χ0) is 11.9. The highest BCUT2D eigenvalue weighted by atomic mass is 32.1. The fourth-order valence-corrected chi connectivity index (χ4v) is 1.68. The average Bonchev–Trinajstić information content (AvgIpc) is 2.11. The van der Waals surface area contributed by atoms with Crippen LogP contribution in [-0.2, 0) is 0 Å². The Morgan fingerprint density at radius 1 is 1.40 bits per heavy atom. The molecule has 0 heterocycles. The number of halogens is 3. The van der Waals surface area contributed by atoms with Crippen LogP contribution in [-0.4, -0.2) is 48.2 Å². The second-order valence-corrected chi connectivity index (χ2v) is 3.90. The molecule has 0 aromatic rings. The van der Waals surface area contributed by atoms with Crippen LogP contribution >= 0.6 is 12.6 Å². The van der Waals surface area contributed by atoms with Crippen LogP contribution in [0.25, 0.3) is 0 Å². The highest BCUT2D eigenvalue weighted by Gasteiger charge is 2.30. The molecule has 6 heteroatoms. The number of thiol groups is 1. The molecule has 0 aliphatic carbocycles. The van der Waals surface area contributed by atoms with Gasteiger partial charge in [0.2, 0.25) is 0 Å². The Kier molecular flexibility index (Phi) is 7.38. The second-order valence-electron chi connectivity index (χ2n) is 3.53. The van der Waals surface area contributed by atoms with Gasteiger partial charge in [0.25, 0.3) is 0 Å². The summed E-state index contributed by atoms with van der Waals surface area (Å²) in [7, 11) is 0. The molecule has 0 aromatic carbocycles. The number of aliphatic hydroxyl groups excluding tert-OH is 1. The van der Waals surface area contributed by atoms with Gasteiger partial charge < -0.3 is 5.11 Å². The Morgan fingerprint density at radius 2 is 2.00 bits per heavy atom. The lowest BCUT2D eigenvalue weighted by atomic mass is 10.1. The van der Waals surface area contributed by atoms with Crippen LogP contribution in [0.1, 0.15) is 13.3 Å². The van der Waals surface area contributed by atoms with Crippen LogP contribution in [0.3, 0.4) is 0 Å². The minimum absolute atomic E-state index is 0.0593. The third-order valence-electron chi connectivity index (χ3n) is 2.17. The standard InChI is InChI=1S/C9H18F3NOS/c1-2-8(6-15)5-13(3-4-14)7-9(10,11)12/h8,14-15H,2-7H2,1H3. The molecule has 0 radical (unpaired) electrons. The van der Waals surface area contributed by atoms with Crippen LogP contribution < -0.4 is 0 Å². The molecular formula is C9H18F3NOS. The van der Waals surface area contributed by atoms with Crippen LogP contribution in [0.2, 0.25) is 0 Å². The molecule has 1 N–H and O–H groups in total. The van der Waals surface area contributed by atoms with E-state index in [9.17, 15) is 13.2 Å². The van der Waals surface area contributed by atoms with Gasteiger partial charge in [-0.3, -0.25) is 4.90 Å². The highest BCUT2D eigenvalue weighted by molar-refractivity contribution is 7.80. The summed E-state index contributed by atoms with van der Waals surface area (Å²) in [4.78, 5) is 1.23. The van der Waals surface area contributed by atoms with Crippen LogP contribution in [0, 0.1) is 5.92 Å². The summed E-state index contributed by atoms with van der Waals surface area (Å²) in [5, 5.41) is 8.66. The largest absolute Gasteiger partial charge is 0.401 e.